The van der Waals surface area contributed by atoms with Gasteiger partial charge < -0.3 is 5.32 Å². The molecule has 13 heavy (non-hydrogen) atoms. The van der Waals surface area contributed by atoms with Crippen LogP contribution in [0.4, 0.5) is 0 Å². The fourth-order valence-corrected chi connectivity index (χ4v) is 2.02. The van der Waals surface area contributed by atoms with Crippen LogP contribution in [0.2, 0.25) is 0 Å². The zero-order valence-corrected chi connectivity index (χ0v) is 8.26. The van der Waals surface area contributed by atoms with Crippen LogP contribution in [-0.2, 0) is 4.79 Å². The quantitative estimate of drug-likeness (QED) is 0.638. The molecule has 0 aromatic heterocycles. The van der Waals surface area contributed by atoms with Crippen molar-refractivity contribution >= 4 is 5.91 Å². The van der Waals surface area contributed by atoms with Crippen LogP contribution in [-0.4, -0.2) is 36.5 Å². The van der Waals surface area contributed by atoms with E-state index >= 15 is 0 Å². The van der Waals surface area contributed by atoms with E-state index in [9.17, 15) is 4.79 Å². The summed E-state index contributed by atoms with van der Waals surface area (Å²) in [5.41, 5.74) is 2.36. The molecule has 1 amide bonds. The van der Waals surface area contributed by atoms with Gasteiger partial charge in [-0.1, -0.05) is 0 Å². The molecule has 0 saturated heterocycles. The average molecular weight is 180 g/mol. The lowest BCUT2D eigenvalue weighted by atomic mass is 10.0. The number of hydrogen-bond acceptors (Lipinski definition) is 2. The maximum Gasteiger partial charge on any atom is 0.247 e. The molecule has 0 aromatic rings. The fourth-order valence-electron chi connectivity index (χ4n) is 2.02. The average Bonchev–Trinajstić information content (AvgIpc) is 2.47. The molecule has 2 heterocycles. The lowest BCUT2D eigenvalue weighted by molar-refractivity contribution is -0.116. The Labute approximate surface area is 78.8 Å². The Morgan fingerprint density at radius 1 is 1.46 bits per heavy atom. The van der Waals surface area contributed by atoms with Crippen LogP contribution in [0.3, 0.4) is 0 Å². The van der Waals surface area contributed by atoms with Crippen LogP contribution in [0.25, 0.3) is 0 Å². The van der Waals surface area contributed by atoms with Gasteiger partial charge in [0, 0.05) is 31.2 Å². The topological polar surface area (TPSA) is 32.3 Å². The minimum atomic E-state index is 0.165. The van der Waals surface area contributed by atoms with Gasteiger partial charge in [-0.3, -0.25) is 9.69 Å². The first-order chi connectivity index (χ1) is 6.18. The lowest BCUT2D eigenvalue weighted by Crippen LogP contribution is -2.37. The number of hydrogen-bond donors (Lipinski definition) is 1. The molecule has 0 spiro atoms. The number of rotatable bonds is 1. The van der Waals surface area contributed by atoms with Crippen LogP contribution in [0, 0.1) is 0 Å². The maximum absolute atomic E-state index is 11.3. The Balaban J connectivity index is 2.12. The van der Waals surface area contributed by atoms with Crippen molar-refractivity contribution in [2.45, 2.75) is 26.3 Å². The van der Waals surface area contributed by atoms with E-state index < -0.39 is 0 Å². The van der Waals surface area contributed by atoms with Crippen molar-refractivity contribution in [2.24, 2.45) is 0 Å². The van der Waals surface area contributed by atoms with Gasteiger partial charge in [-0.2, -0.15) is 0 Å². The molecule has 0 fully saturated rings. The van der Waals surface area contributed by atoms with Gasteiger partial charge in [0.25, 0.3) is 0 Å². The number of amides is 1. The van der Waals surface area contributed by atoms with Gasteiger partial charge in [0.05, 0.1) is 0 Å². The van der Waals surface area contributed by atoms with Gasteiger partial charge in [-0.05, 0) is 25.8 Å². The molecule has 0 unspecified atom stereocenters. The molecule has 2 aliphatic rings. The molecule has 2 aliphatic heterocycles. The van der Waals surface area contributed by atoms with Gasteiger partial charge in [0.15, 0.2) is 0 Å². The minimum absolute atomic E-state index is 0.165. The van der Waals surface area contributed by atoms with E-state index in [2.05, 4.69) is 24.1 Å². The van der Waals surface area contributed by atoms with Crippen molar-refractivity contribution < 1.29 is 4.79 Å². The Morgan fingerprint density at radius 2 is 2.23 bits per heavy atom. The molecule has 1 N–H and O–H groups in total. The van der Waals surface area contributed by atoms with E-state index in [0.717, 1.165) is 31.6 Å². The maximum atomic E-state index is 11.3. The second-order valence-corrected chi connectivity index (χ2v) is 4.08. The lowest BCUT2D eigenvalue weighted by Gasteiger charge is -2.30. The predicted octanol–water partition coefficient (Wildman–Crippen LogP) is 0.527. The summed E-state index contributed by atoms with van der Waals surface area (Å²) >= 11 is 0. The summed E-state index contributed by atoms with van der Waals surface area (Å²) in [6, 6.07) is 0.588. The molecule has 0 aliphatic carbocycles. The van der Waals surface area contributed by atoms with Crippen molar-refractivity contribution in [3.05, 3.63) is 11.1 Å². The number of nitrogens with one attached hydrogen (secondary N) is 1. The molecule has 3 heteroatoms. The monoisotopic (exact) mass is 180 g/mol. The molecule has 0 atom stereocenters. The van der Waals surface area contributed by atoms with E-state index in [1.807, 2.05) is 0 Å². The molecule has 2 rings (SSSR count). The summed E-state index contributed by atoms with van der Waals surface area (Å²) in [4.78, 5) is 13.7. The molecular formula is C10H16N2O. The van der Waals surface area contributed by atoms with Gasteiger partial charge in [0.2, 0.25) is 5.91 Å². The highest BCUT2D eigenvalue weighted by Gasteiger charge is 2.28. The number of carbonyl (C=O) groups is 1. The first kappa shape index (κ1) is 8.75. The zero-order chi connectivity index (χ0) is 9.42. The van der Waals surface area contributed by atoms with Crippen LogP contribution in [0.5, 0.6) is 0 Å². The summed E-state index contributed by atoms with van der Waals surface area (Å²) < 4.78 is 0. The third kappa shape index (κ3) is 1.48. The Morgan fingerprint density at radius 3 is 2.92 bits per heavy atom. The molecule has 0 radical (unpaired) electrons. The van der Waals surface area contributed by atoms with E-state index in [0.29, 0.717) is 6.04 Å². The van der Waals surface area contributed by atoms with Crippen molar-refractivity contribution in [3.8, 4) is 0 Å². The van der Waals surface area contributed by atoms with E-state index in [4.69, 9.17) is 0 Å². The SMILES string of the molecule is CC(C)N1CCC2=C(CNC2=O)C1. The number of carbonyl (C=O) groups excluding carboxylic acids is 1. The summed E-state index contributed by atoms with van der Waals surface area (Å²) in [6.07, 6.45) is 0.930. The highest BCUT2D eigenvalue weighted by atomic mass is 16.1. The Bertz CT molecular complexity index is 268. The van der Waals surface area contributed by atoms with E-state index in [-0.39, 0.29) is 5.91 Å². The van der Waals surface area contributed by atoms with Crippen molar-refractivity contribution in [2.75, 3.05) is 19.6 Å². The molecular weight excluding hydrogens is 164 g/mol. The third-order valence-corrected chi connectivity index (χ3v) is 2.94. The molecule has 0 saturated carbocycles. The third-order valence-electron chi connectivity index (χ3n) is 2.94. The predicted molar refractivity (Wildman–Crippen MR) is 51.4 cm³/mol. The first-order valence-electron chi connectivity index (χ1n) is 4.91. The van der Waals surface area contributed by atoms with Crippen molar-refractivity contribution in [1.82, 2.24) is 10.2 Å². The van der Waals surface area contributed by atoms with E-state index in [1.165, 1.54) is 5.57 Å². The van der Waals surface area contributed by atoms with Gasteiger partial charge >= 0.3 is 0 Å². The van der Waals surface area contributed by atoms with Gasteiger partial charge in [0.1, 0.15) is 0 Å². The highest BCUT2D eigenvalue weighted by molar-refractivity contribution is 5.97. The molecule has 72 valence electrons. The highest BCUT2D eigenvalue weighted by Crippen LogP contribution is 2.22. The largest absolute Gasteiger partial charge is 0.348 e. The van der Waals surface area contributed by atoms with Gasteiger partial charge in [-0.15, -0.1) is 0 Å². The second-order valence-electron chi connectivity index (χ2n) is 4.08. The fraction of sp³-hybridized carbons (Fsp3) is 0.700. The van der Waals surface area contributed by atoms with Crippen LogP contribution < -0.4 is 5.32 Å². The van der Waals surface area contributed by atoms with E-state index in [1.54, 1.807) is 0 Å². The van der Waals surface area contributed by atoms with Crippen molar-refractivity contribution in [1.29, 1.82) is 0 Å². The smallest absolute Gasteiger partial charge is 0.247 e. The molecule has 3 nitrogen and oxygen atoms in total. The van der Waals surface area contributed by atoms with Gasteiger partial charge in [-0.25, -0.2) is 0 Å². The molecule has 0 aromatic carbocycles. The minimum Gasteiger partial charge on any atom is -0.348 e. The normalized spacial score (nSPS) is 23.8. The summed E-state index contributed by atoms with van der Waals surface area (Å²) in [6.45, 7) is 7.19. The number of nitrogens with zero attached hydrogens (tertiary/aromatic N) is 1. The second kappa shape index (κ2) is 3.14. The summed E-state index contributed by atoms with van der Waals surface area (Å²) in [5, 5.41) is 2.88. The van der Waals surface area contributed by atoms with Crippen LogP contribution in [0.1, 0.15) is 20.3 Å². The van der Waals surface area contributed by atoms with Crippen LogP contribution in [0.15, 0.2) is 11.1 Å². The Hall–Kier alpha value is -0.830. The Kier molecular flexibility index (Phi) is 2.12. The van der Waals surface area contributed by atoms with Crippen molar-refractivity contribution in [3.63, 3.8) is 0 Å². The summed E-state index contributed by atoms with van der Waals surface area (Å²) in [7, 11) is 0. The van der Waals surface area contributed by atoms with Crippen LogP contribution >= 0.6 is 0 Å². The summed E-state index contributed by atoms with van der Waals surface area (Å²) in [5.74, 6) is 0.165. The zero-order valence-electron chi connectivity index (χ0n) is 8.26. The standard InChI is InChI=1S/C10H16N2O/c1-7(2)12-4-3-9-8(6-12)5-11-10(9)13/h7H,3-6H2,1-2H3,(H,11,13). The molecule has 0 bridgehead atoms. The first-order valence-corrected chi connectivity index (χ1v) is 4.91.